The first-order chi connectivity index (χ1) is 15.0. The average molecular weight is 434 g/mol. The summed E-state index contributed by atoms with van der Waals surface area (Å²) in [4.78, 5) is 29.2. The minimum Gasteiger partial charge on any atom is -0.360 e. The molecule has 0 fully saturated rings. The van der Waals surface area contributed by atoms with Crippen LogP contribution in [0.4, 0.5) is 17.1 Å². The molecule has 0 aliphatic rings. The summed E-state index contributed by atoms with van der Waals surface area (Å²) in [6.45, 7) is 0. The summed E-state index contributed by atoms with van der Waals surface area (Å²) in [7, 11) is 0. The number of nitro groups is 2. The largest absolute Gasteiger partial charge is 0.360 e. The fourth-order valence-electron chi connectivity index (χ4n) is 2.80. The molecule has 0 radical (unpaired) electrons. The number of rotatable bonds is 6. The highest BCUT2D eigenvalue weighted by atomic mass is 32.1. The van der Waals surface area contributed by atoms with Crippen LogP contribution in [0.1, 0.15) is 5.69 Å². The van der Waals surface area contributed by atoms with Crippen LogP contribution < -0.4 is 4.80 Å². The Bertz CT molecular complexity index is 1340. The molecule has 11 heteroatoms. The first kappa shape index (κ1) is 19.9. The van der Waals surface area contributed by atoms with Crippen molar-refractivity contribution in [1.82, 2.24) is 9.66 Å². The maximum atomic E-state index is 11.3. The highest BCUT2D eigenvalue weighted by molar-refractivity contribution is 7.07. The molecule has 10 nitrogen and oxygen atoms in total. The van der Waals surface area contributed by atoms with Gasteiger partial charge in [0, 0.05) is 35.3 Å². The van der Waals surface area contributed by atoms with Crippen molar-refractivity contribution in [2.75, 3.05) is 0 Å². The number of hydrogen-bond acceptors (Lipinski definition) is 7. The van der Waals surface area contributed by atoms with Crippen molar-refractivity contribution in [3.63, 3.8) is 0 Å². The maximum Gasteiger partial charge on any atom is 0.294 e. The van der Waals surface area contributed by atoms with Gasteiger partial charge < -0.3 is 4.98 Å². The number of non-ortho nitro benzene ring substituents is 1. The fraction of sp³-hybridized carbons (Fsp3) is 0. The number of hydrogen-bond donors (Lipinski definition) is 1. The van der Waals surface area contributed by atoms with Gasteiger partial charge in [-0.05, 0) is 30.3 Å². The second-order valence-electron chi connectivity index (χ2n) is 6.25. The summed E-state index contributed by atoms with van der Waals surface area (Å²) >= 11 is 1.25. The summed E-state index contributed by atoms with van der Waals surface area (Å²) < 4.78 is 1.55. The number of aromatic nitrogens is 2. The Morgan fingerprint density at radius 1 is 0.968 bits per heavy atom. The number of aromatic amines is 1. The van der Waals surface area contributed by atoms with Gasteiger partial charge in [0.05, 0.1) is 27.4 Å². The Labute approximate surface area is 178 Å². The van der Waals surface area contributed by atoms with Crippen LogP contribution in [0.5, 0.6) is 0 Å². The van der Waals surface area contributed by atoms with Gasteiger partial charge in [-0.25, -0.2) is 9.67 Å². The van der Waals surface area contributed by atoms with Gasteiger partial charge in [0.25, 0.3) is 11.4 Å². The standard InChI is InChI=1S/C20H14N6O4S/c27-25(28)16-9-7-14(8-10-16)19-13-31-20(24(19)22-12-15-4-3-11-21-15)23-17-5-1-2-6-18(17)26(29)30/h1-13,21H. The molecule has 154 valence electrons. The Kier molecular flexibility index (Phi) is 5.49. The molecule has 4 aromatic rings. The number of nitrogens with one attached hydrogen (secondary N) is 1. The van der Waals surface area contributed by atoms with Gasteiger partial charge in [0.15, 0.2) is 0 Å². The summed E-state index contributed by atoms with van der Waals surface area (Å²) in [6, 6.07) is 15.9. The van der Waals surface area contributed by atoms with Crippen molar-refractivity contribution in [2.45, 2.75) is 0 Å². The highest BCUT2D eigenvalue weighted by Crippen LogP contribution is 2.27. The van der Waals surface area contributed by atoms with Crippen molar-refractivity contribution >= 4 is 34.6 Å². The third kappa shape index (κ3) is 4.31. The molecule has 0 spiro atoms. The van der Waals surface area contributed by atoms with Gasteiger partial charge in [0.2, 0.25) is 4.80 Å². The van der Waals surface area contributed by atoms with Gasteiger partial charge in [-0.3, -0.25) is 20.2 Å². The lowest BCUT2D eigenvalue weighted by Gasteiger charge is -2.03. The van der Waals surface area contributed by atoms with Crippen LogP contribution in [0.15, 0.2) is 82.3 Å². The molecule has 0 aliphatic carbocycles. The molecule has 0 amide bonds. The van der Waals surface area contributed by atoms with E-state index in [-0.39, 0.29) is 17.1 Å². The highest BCUT2D eigenvalue weighted by Gasteiger charge is 2.14. The van der Waals surface area contributed by atoms with Crippen LogP contribution in [0.25, 0.3) is 11.3 Å². The van der Waals surface area contributed by atoms with E-state index in [0.29, 0.717) is 16.1 Å². The molecule has 31 heavy (non-hydrogen) atoms. The van der Waals surface area contributed by atoms with E-state index < -0.39 is 9.85 Å². The average Bonchev–Trinajstić information content (AvgIpc) is 3.42. The summed E-state index contributed by atoms with van der Waals surface area (Å²) in [6.07, 6.45) is 3.36. The van der Waals surface area contributed by atoms with Gasteiger partial charge in [-0.2, -0.15) is 5.10 Å². The molecular weight excluding hydrogens is 420 g/mol. The number of benzene rings is 2. The maximum absolute atomic E-state index is 11.3. The second-order valence-corrected chi connectivity index (χ2v) is 7.08. The monoisotopic (exact) mass is 434 g/mol. The first-order valence-electron chi connectivity index (χ1n) is 8.94. The van der Waals surface area contributed by atoms with E-state index in [1.165, 1.54) is 29.5 Å². The van der Waals surface area contributed by atoms with Gasteiger partial charge in [-0.15, -0.1) is 11.3 Å². The Balaban J connectivity index is 1.86. The van der Waals surface area contributed by atoms with Crippen LogP contribution in [-0.2, 0) is 0 Å². The number of nitro benzene ring substituents is 2. The lowest BCUT2D eigenvalue weighted by atomic mass is 10.1. The Morgan fingerprint density at radius 3 is 2.42 bits per heavy atom. The van der Waals surface area contributed by atoms with E-state index in [0.717, 1.165) is 5.69 Å². The predicted molar refractivity (Wildman–Crippen MR) is 117 cm³/mol. The molecule has 0 bridgehead atoms. The number of para-hydroxylation sites is 2. The van der Waals surface area contributed by atoms with Gasteiger partial charge >= 0.3 is 0 Å². The van der Waals surface area contributed by atoms with E-state index in [2.05, 4.69) is 15.1 Å². The lowest BCUT2D eigenvalue weighted by Crippen LogP contribution is -2.11. The molecule has 0 aliphatic heterocycles. The minimum absolute atomic E-state index is 0.0229. The molecule has 2 aromatic heterocycles. The predicted octanol–water partition coefficient (Wildman–Crippen LogP) is 4.48. The zero-order chi connectivity index (χ0) is 21.8. The summed E-state index contributed by atoms with van der Waals surface area (Å²) in [5.74, 6) is 0. The van der Waals surface area contributed by atoms with E-state index >= 15 is 0 Å². The number of H-pyrrole nitrogens is 1. The Hall–Kier alpha value is -4.38. The third-order valence-corrected chi connectivity index (χ3v) is 5.10. The Morgan fingerprint density at radius 2 is 1.74 bits per heavy atom. The van der Waals surface area contributed by atoms with E-state index in [9.17, 15) is 20.2 Å². The van der Waals surface area contributed by atoms with Crippen LogP contribution in [-0.4, -0.2) is 25.7 Å². The van der Waals surface area contributed by atoms with E-state index in [1.54, 1.807) is 52.8 Å². The molecule has 2 aromatic carbocycles. The van der Waals surface area contributed by atoms with Crippen molar-refractivity contribution in [3.05, 3.63) is 103 Å². The van der Waals surface area contributed by atoms with Crippen molar-refractivity contribution in [3.8, 4) is 11.3 Å². The van der Waals surface area contributed by atoms with Crippen LogP contribution in [0, 0.1) is 20.2 Å². The summed E-state index contributed by atoms with van der Waals surface area (Å²) in [5, 5.41) is 28.6. The zero-order valence-electron chi connectivity index (χ0n) is 15.8. The van der Waals surface area contributed by atoms with Crippen LogP contribution >= 0.6 is 11.3 Å². The molecule has 2 heterocycles. The smallest absolute Gasteiger partial charge is 0.294 e. The summed E-state index contributed by atoms with van der Waals surface area (Å²) in [5.41, 5.74) is 2.14. The van der Waals surface area contributed by atoms with Gasteiger partial charge in [-0.1, -0.05) is 12.1 Å². The molecule has 0 unspecified atom stereocenters. The third-order valence-electron chi connectivity index (χ3n) is 4.29. The number of nitrogens with zero attached hydrogens (tertiary/aromatic N) is 5. The van der Waals surface area contributed by atoms with Crippen molar-refractivity contribution in [1.29, 1.82) is 0 Å². The van der Waals surface area contributed by atoms with Crippen LogP contribution in [0.3, 0.4) is 0 Å². The second kappa shape index (κ2) is 8.55. The first-order valence-corrected chi connectivity index (χ1v) is 9.82. The number of thiazole rings is 1. The van der Waals surface area contributed by atoms with Crippen molar-refractivity contribution in [2.24, 2.45) is 10.1 Å². The zero-order valence-corrected chi connectivity index (χ0v) is 16.6. The van der Waals surface area contributed by atoms with Crippen LogP contribution in [0.2, 0.25) is 0 Å². The molecule has 1 N–H and O–H groups in total. The quantitative estimate of drug-likeness (QED) is 0.272. The molecule has 4 rings (SSSR count). The topological polar surface area (TPSA) is 132 Å². The normalized spacial score (nSPS) is 11.8. The SMILES string of the molecule is O=[N+]([O-])c1ccc(-c2csc(=Nc3ccccc3[N+](=O)[O-])n2N=Cc2ccc[nH]2)cc1. The minimum atomic E-state index is -0.490. The lowest BCUT2D eigenvalue weighted by molar-refractivity contribution is -0.384. The van der Waals surface area contributed by atoms with E-state index in [1.807, 2.05) is 12.1 Å². The molecular formula is C20H14N6O4S. The van der Waals surface area contributed by atoms with Crippen molar-refractivity contribution < 1.29 is 9.85 Å². The van der Waals surface area contributed by atoms with Gasteiger partial charge in [0.1, 0.15) is 5.69 Å². The van der Waals surface area contributed by atoms with E-state index in [4.69, 9.17) is 0 Å². The molecule has 0 saturated carbocycles. The molecule has 0 saturated heterocycles. The molecule has 0 atom stereocenters. The fourth-order valence-corrected chi connectivity index (χ4v) is 3.65.